The van der Waals surface area contributed by atoms with Crippen molar-refractivity contribution in [2.24, 2.45) is 0 Å². The molecular formula is C8H14N2O4. The van der Waals surface area contributed by atoms with Crippen molar-refractivity contribution in [1.82, 2.24) is 9.80 Å². The number of amides is 2. The quantitative estimate of drug-likeness (QED) is 0.607. The van der Waals surface area contributed by atoms with Gasteiger partial charge in [-0.15, -0.1) is 0 Å². The molecule has 0 aromatic carbocycles. The van der Waals surface area contributed by atoms with Gasteiger partial charge in [-0.05, 0) is 13.8 Å². The van der Waals surface area contributed by atoms with Crippen LogP contribution in [0.3, 0.4) is 0 Å². The van der Waals surface area contributed by atoms with Gasteiger partial charge in [-0.25, -0.2) is 9.59 Å². The van der Waals surface area contributed by atoms with Crippen molar-refractivity contribution >= 4 is 12.2 Å². The lowest BCUT2D eigenvalue weighted by Gasteiger charge is -2.41. The Morgan fingerprint density at radius 1 is 1.07 bits per heavy atom. The summed E-state index contributed by atoms with van der Waals surface area (Å²) in [6, 6.07) is -0.570. The van der Waals surface area contributed by atoms with Crippen LogP contribution in [-0.4, -0.2) is 57.4 Å². The summed E-state index contributed by atoms with van der Waals surface area (Å²) in [5.41, 5.74) is 0. The van der Waals surface area contributed by atoms with Gasteiger partial charge < -0.3 is 15.1 Å². The average molecular weight is 202 g/mol. The SMILES string of the molecule is C[C@@H]1CN(C(=O)O)C[C@@H](C)N1C(=O)O. The van der Waals surface area contributed by atoms with E-state index < -0.39 is 12.2 Å². The molecule has 0 aromatic rings. The van der Waals surface area contributed by atoms with Gasteiger partial charge in [0.05, 0.1) is 12.1 Å². The van der Waals surface area contributed by atoms with Crippen molar-refractivity contribution in [2.45, 2.75) is 25.9 Å². The van der Waals surface area contributed by atoms with Crippen LogP contribution in [0.2, 0.25) is 0 Å². The molecule has 0 bridgehead atoms. The molecule has 1 aliphatic heterocycles. The number of nitrogens with zero attached hydrogens (tertiary/aromatic N) is 2. The highest BCUT2D eigenvalue weighted by Gasteiger charge is 2.34. The van der Waals surface area contributed by atoms with Crippen LogP contribution >= 0.6 is 0 Å². The van der Waals surface area contributed by atoms with Gasteiger partial charge in [0, 0.05) is 13.1 Å². The molecule has 0 radical (unpaired) electrons. The summed E-state index contributed by atoms with van der Waals surface area (Å²) in [7, 11) is 0. The second kappa shape index (κ2) is 3.73. The van der Waals surface area contributed by atoms with Crippen molar-refractivity contribution in [1.29, 1.82) is 0 Å². The Bertz CT molecular complexity index is 244. The standard InChI is InChI=1S/C8H14N2O4/c1-5-3-9(7(11)12)4-6(2)10(5)8(13)14/h5-6H,3-4H2,1-2H3,(H,11,12)(H,13,14)/t5-,6-/m1/s1. The summed E-state index contributed by atoms with van der Waals surface area (Å²) < 4.78 is 0. The van der Waals surface area contributed by atoms with Crippen LogP contribution in [0.25, 0.3) is 0 Å². The van der Waals surface area contributed by atoms with E-state index in [9.17, 15) is 9.59 Å². The lowest BCUT2D eigenvalue weighted by molar-refractivity contribution is 0.0414. The van der Waals surface area contributed by atoms with Gasteiger partial charge in [0.25, 0.3) is 0 Å². The van der Waals surface area contributed by atoms with E-state index in [0.717, 1.165) is 0 Å². The molecule has 0 spiro atoms. The van der Waals surface area contributed by atoms with Gasteiger partial charge in [0.1, 0.15) is 0 Å². The predicted molar refractivity (Wildman–Crippen MR) is 48.4 cm³/mol. The molecule has 2 amide bonds. The highest BCUT2D eigenvalue weighted by atomic mass is 16.4. The first-order chi connectivity index (χ1) is 6.43. The summed E-state index contributed by atoms with van der Waals surface area (Å²) in [5.74, 6) is 0. The summed E-state index contributed by atoms with van der Waals surface area (Å²) >= 11 is 0. The Morgan fingerprint density at radius 3 is 1.79 bits per heavy atom. The summed E-state index contributed by atoms with van der Waals surface area (Å²) in [4.78, 5) is 24.0. The Balaban J connectivity index is 2.72. The Hall–Kier alpha value is -1.46. The van der Waals surface area contributed by atoms with Crippen LogP contribution in [0, 0.1) is 0 Å². The minimum atomic E-state index is -0.992. The van der Waals surface area contributed by atoms with Crippen molar-refractivity contribution in [3.63, 3.8) is 0 Å². The molecule has 2 atom stereocenters. The first kappa shape index (κ1) is 10.6. The number of piperazine rings is 1. The van der Waals surface area contributed by atoms with Crippen molar-refractivity contribution < 1.29 is 19.8 Å². The van der Waals surface area contributed by atoms with Crippen molar-refractivity contribution in [2.75, 3.05) is 13.1 Å². The monoisotopic (exact) mass is 202 g/mol. The van der Waals surface area contributed by atoms with Gasteiger partial charge in [-0.2, -0.15) is 0 Å². The van der Waals surface area contributed by atoms with E-state index in [-0.39, 0.29) is 25.2 Å². The minimum Gasteiger partial charge on any atom is -0.465 e. The zero-order chi connectivity index (χ0) is 10.9. The Kier molecular flexibility index (Phi) is 2.83. The molecule has 6 nitrogen and oxygen atoms in total. The maximum atomic E-state index is 10.8. The molecule has 1 aliphatic rings. The third kappa shape index (κ3) is 1.89. The van der Waals surface area contributed by atoms with Gasteiger partial charge in [0.2, 0.25) is 0 Å². The van der Waals surface area contributed by atoms with E-state index in [1.165, 1.54) is 9.80 Å². The van der Waals surface area contributed by atoms with E-state index in [0.29, 0.717) is 0 Å². The molecule has 1 heterocycles. The normalized spacial score (nSPS) is 27.6. The molecular weight excluding hydrogens is 188 g/mol. The lowest BCUT2D eigenvalue weighted by Crippen LogP contribution is -2.59. The first-order valence-electron chi connectivity index (χ1n) is 4.42. The highest BCUT2D eigenvalue weighted by Crippen LogP contribution is 2.15. The van der Waals surface area contributed by atoms with E-state index in [1.807, 2.05) is 0 Å². The first-order valence-corrected chi connectivity index (χ1v) is 4.42. The molecule has 0 saturated carbocycles. The topological polar surface area (TPSA) is 81.1 Å². The lowest BCUT2D eigenvalue weighted by atomic mass is 10.1. The fraction of sp³-hybridized carbons (Fsp3) is 0.750. The smallest absolute Gasteiger partial charge is 0.407 e. The summed E-state index contributed by atoms with van der Waals surface area (Å²) in [5, 5.41) is 17.6. The second-order valence-electron chi connectivity index (χ2n) is 3.58. The average Bonchev–Trinajstić information content (AvgIpc) is 2.01. The summed E-state index contributed by atoms with van der Waals surface area (Å²) in [6.07, 6.45) is -1.98. The molecule has 14 heavy (non-hydrogen) atoms. The van der Waals surface area contributed by atoms with Gasteiger partial charge in [-0.3, -0.25) is 4.90 Å². The number of hydrogen-bond donors (Lipinski definition) is 2. The van der Waals surface area contributed by atoms with Crippen LogP contribution in [0.4, 0.5) is 9.59 Å². The molecule has 1 rings (SSSR count). The molecule has 0 unspecified atom stereocenters. The van der Waals surface area contributed by atoms with Gasteiger partial charge in [0.15, 0.2) is 0 Å². The van der Waals surface area contributed by atoms with E-state index >= 15 is 0 Å². The molecule has 6 heteroatoms. The molecule has 0 aromatic heterocycles. The molecule has 2 N–H and O–H groups in total. The molecule has 80 valence electrons. The largest absolute Gasteiger partial charge is 0.465 e. The number of hydrogen-bond acceptors (Lipinski definition) is 2. The van der Waals surface area contributed by atoms with E-state index in [2.05, 4.69) is 0 Å². The predicted octanol–water partition coefficient (Wildman–Crippen LogP) is 0.737. The number of carboxylic acid groups (broad SMARTS) is 2. The highest BCUT2D eigenvalue weighted by molar-refractivity contribution is 5.68. The fourth-order valence-corrected chi connectivity index (χ4v) is 1.86. The minimum absolute atomic E-state index is 0.242. The van der Waals surface area contributed by atoms with Crippen LogP contribution in [-0.2, 0) is 0 Å². The number of rotatable bonds is 0. The Labute approximate surface area is 81.7 Å². The van der Waals surface area contributed by atoms with Crippen LogP contribution in [0.15, 0.2) is 0 Å². The van der Waals surface area contributed by atoms with E-state index in [4.69, 9.17) is 10.2 Å². The molecule has 1 fully saturated rings. The zero-order valence-electron chi connectivity index (χ0n) is 8.17. The van der Waals surface area contributed by atoms with Crippen molar-refractivity contribution in [3.05, 3.63) is 0 Å². The van der Waals surface area contributed by atoms with Gasteiger partial charge >= 0.3 is 12.2 Å². The maximum absolute atomic E-state index is 10.8. The molecule has 0 aliphatic carbocycles. The van der Waals surface area contributed by atoms with E-state index in [1.54, 1.807) is 13.8 Å². The number of carbonyl (C=O) groups is 2. The van der Waals surface area contributed by atoms with Crippen LogP contribution in [0.1, 0.15) is 13.8 Å². The third-order valence-electron chi connectivity index (χ3n) is 2.41. The van der Waals surface area contributed by atoms with Crippen LogP contribution < -0.4 is 0 Å². The zero-order valence-corrected chi connectivity index (χ0v) is 8.17. The second-order valence-corrected chi connectivity index (χ2v) is 3.58. The Morgan fingerprint density at radius 2 is 1.50 bits per heavy atom. The van der Waals surface area contributed by atoms with Crippen LogP contribution in [0.5, 0.6) is 0 Å². The fourth-order valence-electron chi connectivity index (χ4n) is 1.86. The molecule has 1 saturated heterocycles. The summed E-state index contributed by atoms with van der Waals surface area (Å²) in [6.45, 7) is 3.90. The van der Waals surface area contributed by atoms with Gasteiger partial charge in [-0.1, -0.05) is 0 Å². The third-order valence-corrected chi connectivity index (χ3v) is 2.41. The van der Waals surface area contributed by atoms with Crippen molar-refractivity contribution in [3.8, 4) is 0 Å². The maximum Gasteiger partial charge on any atom is 0.407 e.